The molecule has 0 spiro atoms. The Balaban J connectivity index is 1.78. The molecule has 1 aliphatic heterocycles. The maximum absolute atomic E-state index is 12.9. The third kappa shape index (κ3) is 2.79. The van der Waals surface area contributed by atoms with Gasteiger partial charge in [-0.1, -0.05) is 36.2 Å². The summed E-state index contributed by atoms with van der Waals surface area (Å²) in [6, 6.07) is 5.48. The normalized spacial score (nSPS) is 21.4. The van der Waals surface area contributed by atoms with E-state index >= 15 is 0 Å². The zero-order chi connectivity index (χ0) is 15.0. The number of rotatable bonds is 3. The van der Waals surface area contributed by atoms with Crippen molar-refractivity contribution < 1.29 is 4.79 Å². The second-order valence-corrected chi connectivity index (χ2v) is 6.78. The van der Waals surface area contributed by atoms with E-state index in [0.717, 1.165) is 51.1 Å². The van der Waals surface area contributed by atoms with Crippen molar-refractivity contribution >= 4 is 29.1 Å². The third-order valence-corrected chi connectivity index (χ3v) is 5.26. The Labute approximate surface area is 135 Å². The molecule has 0 N–H and O–H groups in total. The smallest absolute Gasteiger partial charge is 0.233 e. The van der Waals surface area contributed by atoms with Crippen LogP contribution >= 0.6 is 23.2 Å². The standard InChI is InChI=1S/C16H20Cl2N2O/c1-2-19-7-9-20(10-8-19)15(21)16(5-6-16)13-4-3-12(17)11-14(13)18/h3-4,11H,2,5-10H2,1H3. The highest BCUT2D eigenvalue weighted by Crippen LogP contribution is 2.52. The van der Waals surface area contributed by atoms with Crippen molar-refractivity contribution in [2.75, 3.05) is 32.7 Å². The summed E-state index contributed by atoms with van der Waals surface area (Å²) < 4.78 is 0. The molecule has 1 amide bonds. The number of nitrogens with zero attached hydrogens (tertiary/aromatic N) is 2. The topological polar surface area (TPSA) is 23.6 Å². The first-order chi connectivity index (χ1) is 10.1. The van der Waals surface area contributed by atoms with Crippen molar-refractivity contribution in [3.8, 4) is 0 Å². The lowest BCUT2D eigenvalue weighted by molar-refractivity contribution is -0.135. The number of benzene rings is 1. The van der Waals surface area contributed by atoms with Crippen molar-refractivity contribution in [2.24, 2.45) is 0 Å². The molecular weight excluding hydrogens is 307 g/mol. The van der Waals surface area contributed by atoms with Gasteiger partial charge in [0.05, 0.1) is 5.41 Å². The Bertz CT molecular complexity index is 549. The molecule has 1 aromatic rings. The van der Waals surface area contributed by atoms with Crippen molar-refractivity contribution in [3.05, 3.63) is 33.8 Å². The number of hydrogen-bond acceptors (Lipinski definition) is 2. The number of halogens is 2. The largest absolute Gasteiger partial charge is 0.339 e. The van der Waals surface area contributed by atoms with Gasteiger partial charge in [0, 0.05) is 36.2 Å². The van der Waals surface area contributed by atoms with Crippen LogP contribution in [0.3, 0.4) is 0 Å². The Morgan fingerprint density at radius 3 is 2.38 bits per heavy atom. The van der Waals surface area contributed by atoms with Gasteiger partial charge in [-0.3, -0.25) is 4.79 Å². The molecular formula is C16H20Cl2N2O. The Kier molecular flexibility index (Phi) is 4.17. The molecule has 2 fully saturated rings. The van der Waals surface area contributed by atoms with E-state index < -0.39 is 5.41 Å². The zero-order valence-corrected chi connectivity index (χ0v) is 13.8. The third-order valence-electron chi connectivity index (χ3n) is 4.71. The zero-order valence-electron chi connectivity index (χ0n) is 12.2. The van der Waals surface area contributed by atoms with E-state index in [9.17, 15) is 4.79 Å². The van der Waals surface area contributed by atoms with Crippen molar-refractivity contribution in [3.63, 3.8) is 0 Å². The minimum atomic E-state index is -0.393. The monoisotopic (exact) mass is 326 g/mol. The fourth-order valence-electron chi connectivity index (χ4n) is 3.17. The lowest BCUT2D eigenvalue weighted by Gasteiger charge is -2.36. The van der Waals surface area contributed by atoms with Gasteiger partial charge in [-0.05, 0) is 37.1 Å². The molecule has 0 aromatic heterocycles. The molecule has 1 aromatic carbocycles. The van der Waals surface area contributed by atoms with Crippen LogP contribution in [0, 0.1) is 0 Å². The fourth-order valence-corrected chi connectivity index (χ4v) is 3.76. The molecule has 1 heterocycles. The minimum absolute atomic E-state index is 0.238. The second kappa shape index (κ2) is 5.79. The number of carbonyl (C=O) groups excluding carboxylic acids is 1. The minimum Gasteiger partial charge on any atom is -0.339 e. The van der Waals surface area contributed by atoms with Gasteiger partial charge >= 0.3 is 0 Å². The van der Waals surface area contributed by atoms with Crippen LogP contribution < -0.4 is 0 Å². The van der Waals surface area contributed by atoms with Gasteiger partial charge in [0.2, 0.25) is 5.91 Å². The van der Waals surface area contributed by atoms with E-state index in [2.05, 4.69) is 11.8 Å². The first-order valence-electron chi connectivity index (χ1n) is 7.54. The van der Waals surface area contributed by atoms with Crippen LogP contribution in [-0.2, 0) is 10.2 Å². The maximum Gasteiger partial charge on any atom is 0.233 e. The summed E-state index contributed by atoms with van der Waals surface area (Å²) in [5, 5.41) is 1.23. The summed E-state index contributed by atoms with van der Waals surface area (Å²) >= 11 is 12.3. The van der Waals surface area contributed by atoms with E-state index in [1.807, 2.05) is 17.0 Å². The van der Waals surface area contributed by atoms with Crippen LogP contribution in [0.25, 0.3) is 0 Å². The predicted octanol–water partition coefficient (Wildman–Crippen LogP) is 3.19. The molecule has 0 radical (unpaired) electrons. The van der Waals surface area contributed by atoms with Gasteiger partial charge in [-0.25, -0.2) is 0 Å². The summed E-state index contributed by atoms with van der Waals surface area (Å²) in [5.74, 6) is 0.238. The van der Waals surface area contributed by atoms with E-state index in [4.69, 9.17) is 23.2 Å². The summed E-state index contributed by atoms with van der Waals surface area (Å²) in [5.41, 5.74) is 0.548. The molecule has 2 aliphatic rings. The fraction of sp³-hybridized carbons (Fsp3) is 0.562. The molecule has 1 saturated heterocycles. The van der Waals surface area contributed by atoms with Crippen LogP contribution in [0.1, 0.15) is 25.3 Å². The van der Waals surface area contributed by atoms with Crippen LogP contribution in [0.15, 0.2) is 18.2 Å². The summed E-state index contributed by atoms with van der Waals surface area (Å²) in [4.78, 5) is 17.3. The van der Waals surface area contributed by atoms with Gasteiger partial charge < -0.3 is 9.80 Å². The molecule has 1 saturated carbocycles. The van der Waals surface area contributed by atoms with Crippen LogP contribution in [0.2, 0.25) is 10.0 Å². The van der Waals surface area contributed by atoms with Crippen LogP contribution in [-0.4, -0.2) is 48.4 Å². The number of hydrogen-bond donors (Lipinski definition) is 0. The summed E-state index contributed by atoms with van der Waals surface area (Å²) in [6.07, 6.45) is 1.78. The highest BCUT2D eigenvalue weighted by molar-refractivity contribution is 6.35. The number of likely N-dealkylation sites (N-methyl/N-ethyl adjacent to an activating group) is 1. The summed E-state index contributed by atoms with van der Waals surface area (Å²) in [7, 11) is 0. The number of carbonyl (C=O) groups is 1. The SMILES string of the molecule is CCN1CCN(C(=O)C2(c3ccc(Cl)cc3Cl)CC2)CC1. The molecule has 0 atom stereocenters. The average molecular weight is 327 g/mol. The van der Waals surface area contributed by atoms with Gasteiger partial charge in [0.15, 0.2) is 0 Å². The van der Waals surface area contributed by atoms with E-state index in [-0.39, 0.29) is 5.91 Å². The highest BCUT2D eigenvalue weighted by Gasteiger charge is 2.54. The van der Waals surface area contributed by atoms with Crippen molar-refractivity contribution in [1.29, 1.82) is 0 Å². The Morgan fingerprint density at radius 1 is 1.19 bits per heavy atom. The van der Waals surface area contributed by atoms with Crippen molar-refractivity contribution in [1.82, 2.24) is 9.80 Å². The predicted molar refractivity (Wildman–Crippen MR) is 86.1 cm³/mol. The van der Waals surface area contributed by atoms with Crippen LogP contribution in [0.4, 0.5) is 0 Å². The molecule has 3 nitrogen and oxygen atoms in total. The Hall–Kier alpha value is -0.770. The quantitative estimate of drug-likeness (QED) is 0.851. The molecule has 114 valence electrons. The first kappa shape index (κ1) is 15.1. The lowest BCUT2D eigenvalue weighted by atomic mass is 9.94. The summed E-state index contributed by atoms with van der Waals surface area (Å²) in [6.45, 7) is 6.78. The van der Waals surface area contributed by atoms with Gasteiger partial charge in [-0.15, -0.1) is 0 Å². The van der Waals surface area contributed by atoms with Crippen molar-refractivity contribution in [2.45, 2.75) is 25.2 Å². The molecule has 5 heteroatoms. The number of amides is 1. The molecule has 0 bridgehead atoms. The Morgan fingerprint density at radius 2 is 1.86 bits per heavy atom. The highest BCUT2D eigenvalue weighted by atomic mass is 35.5. The average Bonchev–Trinajstić information content (AvgIpc) is 3.28. The molecule has 21 heavy (non-hydrogen) atoms. The lowest BCUT2D eigenvalue weighted by Crippen LogP contribution is -2.51. The van der Waals surface area contributed by atoms with Gasteiger partial charge in [0.25, 0.3) is 0 Å². The van der Waals surface area contributed by atoms with E-state index in [1.54, 1.807) is 6.07 Å². The maximum atomic E-state index is 12.9. The van der Waals surface area contributed by atoms with Gasteiger partial charge in [-0.2, -0.15) is 0 Å². The second-order valence-electron chi connectivity index (χ2n) is 5.93. The van der Waals surface area contributed by atoms with Crippen LogP contribution in [0.5, 0.6) is 0 Å². The molecule has 3 rings (SSSR count). The number of piperazine rings is 1. The van der Waals surface area contributed by atoms with E-state index in [1.165, 1.54) is 0 Å². The van der Waals surface area contributed by atoms with E-state index in [0.29, 0.717) is 10.0 Å². The van der Waals surface area contributed by atoms with Gasteiger partial charge in [0.1, 0.15) is 0 Å². The first-order valence-corrected chi connectivity index (χ1v) is 8.30. The molecule has 0 unspecified atom stereocenters. The molecule has 1 aliphatic carbocycles.